The Balaban J connectivity index is 1.76. The molecule has 0 aromatic heterocycles. The fourth-order valence-corrected chi connectivity index (χ4v) is 2.33. The van der Waals surface area contributed by atoms with E-state index in [1.54, 1.807) is 7.11 Å². The van der Waals surface area contributed by atoms with Crippen LogP contribution >= 0.6 is 11.6 Å². The second kappa shape index (κ2) is 5.91. The highest BCUT2D eigenvalue weighted by atomic mass is 35.5. The molecular weight excluding hydrogens is 248 g/mol. The molecule has 1 aliphatic rings. The van der Waals surface area contributed by atoms with Gasteiger partial charge in [0.1, 0.15) is 5.75 Å². The van der Waals surface area contributed by atoms with Gasteiger partial charge in [-0.15, -0.1) is 0 Å². The molecule has 0 bridgehead atoms. The molecule has 18 heavy (non-hydrogen) atoms. The summed E-state index contributed by atoms with van der Waals surface area (Å²) in [5.74, 6) is 0.803. The zero-order valence-corrected chi connectivity index (χ0v) is 11.6. The molecular formula is C14H21ClN2O. The molecule has 4 heteroatoms. The van der Waals surface area contributed by atoms with Crippen LogP contribution < -0.4 is 15.8 Å². The van der Waals surface area contributed by atoms with Gasteiger partial charge < -0.3 is 15.8 Å². The molecule has 1 aromatic carbocycles. The van der Waals surface area contributed by atoms with Crippen LogP contribution in [0.15, 0.2) is 18.2 Å². The van der Waals surface area contributed by atoms with Gasteiger partial charge in [0.05, 0.1) is 7.11 Å². The van der Waals surface area contributed by atoms with E-state index in [0.29, 0.717) is 5.41 Å². The van der Waals surface area contributed by atoms with Crippen LogP contribution in [0.5, 0.6) is 5.75 Å². The SMILES string of the molecule is COc1ccc(CCNCC2(CN)CC2)c(Cl)c1. The van der Waals surface area contributed by atoms with E-state index in [-0.39, 0.29) is 0 Å². The molecule has 1 saturated carbocycles. The average Bonchev–Trinajstić information content (AvgIpc) is 3.16. The first kappa shape index (κ1) is 13.7. The quantitative estimate of drug-likeness (QED) is 0.746. The number of methoxy groups -OCH3 is 1. The van der Waals surface area contributed by atoms with Crippen molar-refractivity contribution < 1.29 is 4.74 Å². The number of halogens is 1. The summed E-state index contributed by atoms with van der Waals surface area (Å²) in [6, 6.07) is 5.83. The second-order valence-corrected chi connectivity index (χ2v) is 5.50. The minimum atomic E-state index is 0.393. The van der Waals surface area contributed by atoms with Gasteiger partial charge in [-0.05, 0) is 55.5 Å². The predicted octanol–water partition coefficient (Wildman–Crippen LogP) is 2.22. The van der Waals surface area contributed by atoms with Crippen LogP contribution in [-0.4, -0.2) is 26.7 Å². The number of hydrogen-bond acceptors (Lipinski definition) is 3. The molecule has 3 nitrogen and oxygen atoms in total. The molecule has 0 saturated heterocycles. The maximum atomic E-state index is 6.19. The molecule has 0 heterocycles. The molecule has 0 amide bonds. The standard InChI is InChI=1S/C14H21ClN2O/c1-18-12-3-2-11(13(15)8-12)4-7-17-10-14(9-16)5-6-14/h2-3,8,17H,4-7,9-10,16H2,1H3. The number of hydrogen-bond donors (Lipinski definition) is 2. The van der Waals surface area contributed by atoms with E-state index in [2.05, 4.69) is 5.32 Å². The van der Waals surface area contributed by atoms with Crippen LogP contribution in [0.25, 0.3) is 0 Å². The van der Waals surface area contributed by atoms with Crippen molar-refractivity contribution in [2.24, 2.45) is 11.1 Å². The molecule has 0 radical (unpaired) electrons. The third kappa shape index (κ3) is 3.37. The van der Waals surface area contributed by atoms with Crippen LogP contribution in [0.2, 0.25) is 5.02 Å². The van der Waals surface area contributed by atoms with Crippen molar-refractivity contribution in [3.05, 3.63) is 28.8 Å². The van der Waals surface area contributed by atoms with Gasteiger partial charge in [-0.2, -0.15) is 0 Å². The highest BCUT2D eigenvalue weighted by Crippen LogP contribution is 2.43. The molecule has 1 aliphatic carbocycles. The monoisotopic (exact) mass is 268 g/mol. The maximum absolute atomic E-state index is 6.19. The normalized spacial score (nSPS) is 16.6. The molecule has 0 aliphatic heterocycles. The Morgan fingerprint density at radius 3 is 2.78 bits per heavy atom. The Morgan fingerprint density at radius 2 is 2.22 bits per heavy atom. The van der Waals surface area contributed by atoms with Gasteiger partial charge >= 0.3 is 0 Å². The third-order valence-corrected chi connectivity index (χ3v) is 4.07. The van der Waals surface area contributed by atoms with Crippen molar-refractivity contribution in [2.75, 3.05) is 26.7 Å². The lowest BCUT2D eigenvalue weighted by molar-refractivity contribution is 0.414. The number of nitrogens with one attached hydrogen (secondary N) is 1. The number of rotatable bonds is 7. The Morgan fingerprint density at radius 1 is 1.44 bits per heavy atom. The number of benzene rings is 1. The molecule has 1 aromatic rings. The van der Waals surface area contributed by atoms with Crippen molar-refractivity contribution in [2.45, 2.75) is 19.3 Å². The minimum absolute atomic E-state index is 0.393. The van der Waals surface area contributed by atoms with E-state index < -0.39 is 0 Å². The summed E-state index contributed by atoms with van der Waals surface area (Å²) < 4.78 is 5.13. The van der Waals surface area contributed by atoms with E-state index in [1.807, 2.05) is 18.2 Å². The van der Waals surface area contributed by atoms with Crippen LogP contribution in [0.1, 0.15) is 18.4 Å². The largest absolute Gasteiger partial charge is 0.497 e. The van der Waals surface area contributed by atoms with Crippen LogP contribution in [-0.2, 0) is 6.42 Å². The fraction of sp³-hybridized carbons (Fsp3) is 0.571. The Hall–Kier alpha value is -0.770. The smallest absolute Gasteiger partial charge is 0.120 e. The Bertz CT molecular complexity index is 405. The van der Waals surface area contributed by atoms with E-state index in [1.165, 1.54) is 12.8 Å². The summed E-state index contributed by atoms with van der Waals surface area (Å²) in [6.45, 7) is 2.76. The molecule has 100 valence electrons. The third-order valence-electron chi connectivity index (χ3n) is 3.72. The van der Waals surface area contributed by atoms with Gasteiger partial charge in [0.15, 0.2) is 0 Å². The van der Waals surface area contributed by atoms with Crippen LogP contribution in [0.3, 0.4) is 0 Å². The van der Waals surface area contributed by atoms with E-state index in [4.69, 9.17) is 22.1 Å². The van der Waals surface area contributed by atoms with Gasteiger partial charge in [-0.1, -0.05) is 17.7 Å². The van der Waals surface area contributed by atoms with Crippen molar-refractivity contribution in [3.8, 4) is 5.75 Å². The van der Waals surface area contributed by atoms with Gasteiger partial charge in [0, 0.05) is 11.6 Å². The predicted molar refractivity (Wildman–Crippen MR) is 75.3 cm³/mol. The summed E-state index contributed by atoms with van der Waals surface area (Å²) in [6.07, 6.45) is 3.46. The molecule has 2 rings (SSSR count). The number of nitrogens with two attached hydrogens (primary N) is 1. The Kier molecular flexibility index (Phi) is 4.49. The lowest BCUT2D eigenvalue weighted by Crippen LogP contribution is -2.30. The van der Waals surface area contributed by atoms with E-state index in [0.717, 1.165) is 42.4 Å². The van der Waals surface area contributed by atoms with E-state index in [9.17, 15) is 0 Å². The fourth-order valence-electron chi connectivity index (χ4n) is 2.06. The van der Waals surface area contributed by atoms with Crippen molar-refractivity contribution in [3.63, 3.8) is 0 Å². The van der Waals surface area contributed by atoms with Gasteiger partial charge in [-0.3, -0.25) is 0 Å². The second-order valence-electron chi connectivity index (χ2n) is 5.09. The van der Waals surface area contributed by atoms with Crippen LogP contribution in [0.4, 0.5) is 0 Å². The summed E-state index contributed by atoms with van der Waals surface area (Å²) in [4.78, 5) is 0. The molecule has 1 fully saturated rings. The van der Waals surface area contributed by atoms with Crippen LogP contribution in [0, 0.1) is 5.41 Å². The first-order valence-electron chi connectivity index (χ1n) is 6.42. The molecule has 3 N–H and O–H groups in total. The average molecular weight is 269 g/mol. The minimum Gasteiger partial charge on any atom is -0.497 e. The van der Waals surface area contributed by atoms with Crippen molar-refractivity contribution in [1.29, 1.82) is 0 Å². The number of ether oxygens (including phenoxy) is 1. The first-order valence-corrected chi connectivity index (χ1v) is 6.80. The van der Waals surface area contributed by atoms with Crippen molar-refractivity contribution in [1.82, 2.24) is 5.32 Å². The zero-order valence-electron chi connectivity index (χ0n) is 10.8. The molecule has 0 spiro atoms. The zero-order chi connectivity index (χ0) is 13.0. The lowest BCUT2D eigenvalue weighted by atomic mass is 10.1. The first-order chi connectivity index (χ1) is 8.69. The summed E-state index contributed by atoms with van der Waals surface area (Å²) in [7, 11) is 1.65. The highest BCUT2D eigenvalue weighted by molar-refractivity contribution is 6.31. The lowest BCUT2D eigenvalue weighted by Gasteiger charge is -2.13. The summed E-state index contributed by atoms with van der Waals surface area (Å²) >= 11 is 6.19. The van der Waals surface area contributed by atoms with Gasteiger partial charge in [0.25, 0.3) is 0 Å². The topological polar surface area (TPSA) is 47.3 Å². The summed E-state index contributed by atoms with van der Waals surface area (Å²) in [5.41, 5.74) is 7.29. The van der Waals surface area contributed by atoms with Crippen molar-refractivity contribution >= 4 is 11.6 Å². The molecule has 0 unspecified atom stereocenters. The summed E-state index contributed by atoms with van der Waals surface area (Å²) in [5, 5.41) is 4.25. The molecule has 0 atom stereocenters. The van der Waals surface area contributed by atoms with Gasteiger partial charge in [-0.25, -0.2) is 0 Å². The van der Waals surface area contributed by atoms with E-state index >= 15 is 0 Å². The maximum Gasteiger partial charge on any atom is 0.120 e. The van der Waals surface area contributed by atoms with Gasteiger partial charge in [0.2, 0.25) is 0 Å². The Labute approximate surface area is 114 Å². The highest BCUT2D eigenvalue weighted by Gasteiger charge is 2.40.